The maximum atomic E-state index is 14.2. The summed E-state index contributed by atoms with van der Waals surface area (Å²) < 4.78 is 28.3. The van der Waals surface area contributed by atoms with Gasteiger partial charge in [-0.15, -0.1) is 0 Å². The quantitative estimate of drug-likeness (QED) is 0.476. The van der Waals surface area contributed by atoms with Gasteiger partial charge in [-0.3, -0.25) is 9.78 Å². The first-order chi connectivity index (χ1) is 16.2. The Balaban J connectivity index is 1.59. The van der Waals surface area contributed by atoms with Crippen molar-refractivity contribution in [3.05, 3.63) is 77.4 Å². The van der Waals surface area contributed by atoms with Gasteiger partial charge in [0.2, 0.25) is 0 Å². The maximum Gasteiger partial charge on any atom is 0.185 e. The third-order valence-electron chi connectivity index (χ3n) is 6.69. The van der Waals surface area contributed by atoms with E-state index in [0.717, 1.165) is 17.7 Å². The molecule has 1 fully saturated rings. The first-order valence-electron chi connectivity index (χ1n) is 11.0. The van der Waals surface area contributed by atoms with Crippen LogP contribution in [0.2, 0.25) is 0 Å². The van der Waals surface area contributed by atoms with Gasteiger partial charge in [-0.2, -0.15) is 0 Å². The first kappa shape index (κ1) is 24.0. The zero-order valence-electron chi connectivity index (χ0n) is 18.5. The Morgan fingerprint density at radius 1 is 1.15 bits per heavy atom. The van der Waals surface area contributed by atoms with E-state index in [1.165, 1.54) is 18.3 Å². The van der Waals surface area contributed by atoms with E-state index in [1.807, 2.05) is 0 Å². The summed E-state index contributed by atoms with van der Waals surface area (Å²) in [5.74, 6) is -2.79. The second-order valence-corrected chi connectivity index (χ2v) is 8.77. The second kappa shape index (κ2) is 9.61. The standard InChI is InChI=1S/C25H25F2N3O4/c1-14-9-15(11-22(33)25(14,34)13-31)17-5-7-28-12-16(17)10-21(32)20-6-8-29-24(30-20)23-18(26)3-2-4-19(23)27/h2-8,12,14-15,22,31,33-34H,9-11,13H2,1H3/t14-,15+,22+,25+/m1/s1. The molecule has 0 aliphatic heterocycles. The predicted molar refractivity (Wildman–Crippen MR) is 119 cm³/mol. The van der Waals surface area contributed by atoms with Crippen molar-refractivity contribution in [2.45, 2.75) is 43.8 Å². The zero-order chi connectivity index (χ0) is 24.5. The predicted octanol–water partition coefficient (Wildman–Crippen LogP) is 2.84. The van der Waals surface area contributed by atoms with Crippen molar-refractivity contribution in [2.24, 2.45) is 5.92 Å². The fourth-order valence-corrected chi connectivity index (χ4v) is 4.64. The minimum Gasteiger partial charge on any atom is -0.393 e. The van der Waals surface area contributed by atoms with Gasteiger partial charge in [0, 0.05) is 25.0 Å². The number of hydrogen-bond donors (Lipinski definition) is 3. The monoisotopic (exact) mass is 469 g/mol. The van der Waals surface area contributed by atoms with Crippen LogP contribution >= 0.6 is 0 Å². The minimum atomic E-state index is -1.57. The lowest BCUT2D eigenvalue weighted by Gasteiger charge is -2.44. The molecule has 3 aromatic rings. The van der Waals surface area contributed by atoms with E-state index < -0.39 is 35.5 Å². The van der Waals surface area contributed by atoms with Crippen molar-refractivity contribution in [2.75, 3.05) is 6.61 Å². The smallest absolute Gasteiger partial charge is 0.185 e. The van der Waals surface area contributed by atoms with Crippen LogP contribution in [0.3, 0.4) is 0 Å². The van der Waals surface area contributed by atoms with E-state index in [9.17, 15) is 28.9 Å². The van der Waals surface area contributed by atoms with Crippen LogP contribution in [-0.4, -0.2) is 54.4 Å². The van der Waals surface area contributed by atoms with Crippen LogP contribution in [-0.2, 0) is 6.42 Å². The number of aromatic nitrogens is 3. The molecule has 3 N–H and O–H groups in total. The number of carbonyl (C=O) groups is 1. The van der Waals surface area contributed by atoms with Crippen molar-refractivity contribution in [1.82, 2.24) is 15.0 Å². The van der Waals surface area contributed by atoms with Crippen LogP contribution < -0.4 is 0 Å². The molecule has 1 saturated carbocycles. The molecule has 0 amide bonds. The normalized spacial score (nSPS) is 24.7. The lowest BCUT2D eigenvalue weighted by atomic mass is 9.68. The Bertz CT molecular complexity index is 1170. The summed E-state index contributed by atoms with van der Waals surface area (Å²) in [5, 5.41) is 30.6. The van der Waals surface area contributed by atoms with Gasteiger partial charge in [0.1, 0.15) is 22.9 Å². The topological polar surface area (TPSA) is 116 Å². The van der Waals surface area contributed by atoms with Gasteiger partial charge in [-0.05, 0) is 60.1 Å². The van der Waals surface area contributed by atoms with E-state index >= 15 is 0 Å². The molecule has 178 valence electrons. The Hall–Kier alpha value is -3.14. The van der Waals surface area contributed by atoms with E-state index in [0.29, 0.717) is 12.0 Å². The first-order valence-corrected chi connectivity index (χ1v) is 11.0. The van der Waals surface area contributed by atoms with Crippen LogP contribution in [0.4, 0.5) is 8.78 Å². The van der Waals surface area contributed by atoms with E-state index in [1.54, 1.807) is 25.4 Å². The molecular weight excluding hydrogens is 444 g/mol. The molecule has 2 aromatic heterocycles. The number of pyridine rings is 1. The van der Waals surface area contributed by atoms with Crippen LogP contribution in [0, 0.1) is 17.6 Å². The Morgan fingerprint density at radius 3 is 2.56 bits per heavy atom. The summed E-state index contributed by atoms with van der Waals surface area (Å²) in [5.41, 5.74) is -0.527. The van der Waals surface area contributed by atoms with Crippen LogP contribution in [0.1, 0.15) is 47.3 Å². The van der Waals surface area contributed by atoms with Crippen molar-refractivity contribution in [3.8, 4) is 11.4 Å². The summed E-state index contributed by atoms with van der Waals surface area (Å²) in [4.78, 5) is 25.2. The molecule has 0 radical (unpaired) electrons. The number of nitrogens with zero attached hydrogens (tertiary/aromatic N) is 3. The summed E-state index contributed by atoms with van der Waals surface area (Å²) >= 11 is 0. The van der Waals surface area contributed by atoms with Gasteiger partial charge in [-0.1, -0.05) is 13.0 Å². The summed E-state index contributed by atoms with van der Waals surface area (Å²) in [7, 11) is 0. The van der Waals surface area contributed by atoms with Crippen LogP contribution in [0.5, 0.6) is 0 Å². The van der Waals surface area contributed by atoms with Crippen LogP contribution in [0.15, 0.2) is 48.9 Å². The fraction of sp³-hybridized carbons (Fsp3) is 0.360. The number of ketones is 1. The summed E-state index contributed by atoms with van der Waals surface area (Å²) in [6.07, 6.45) is 3.97. The molecule has 1 aromatic carbocycles. The number of rotatable bonds is 6. The summed E-state index contributed by atoms with van der Waals surface area (Å²) in [6, 6.07) is 6.58. The van der Waals surface area contributed by atoms with Crippen LogP contribution in [0.25, 0.3) is 11.4 Å². The Morgan fingerprint density at radius 2 is 1.88 bits per heavy atom. The lowest BCUT2D eigenvalue weighted by Crippen LogP contribution is -2.54. The molecule has 2 heterocycles. The molecule has 1 aliphatic carbocycles. The molecule has 34 heavy (non-hydrogen) atoms. The van der Waals surface area contributed by atoms with Crippen molar-refractivity contribution in [3.63, 3.8) is 0 Å². The lowest BCUT2D eigenvalue weighted by molar-refractivity contribution is -0.159. The Labute approximate surface area is 195 Å². The van der Waals surface area contributed by atoms with Gasteiger partial charge >= 0.3 is 0 Å². The van der Waals surface area contributed by atoms with Crippen molar-refractivity contribution < 1.29 is 28.9 Å². The number of benzene rings is 1. The number of halogens is 2. The molecule has 0 bridgehead atoms. The van der Waals surface area contributed by atoms with Crippen molar-refractivity contribution >= 4 is 5.78 Å². The van der Waals surface area contributed by atoms with Gasteiger partial charge in [0.15, 0.2) is 11.6 Å². The average Bonchev–Trinajstić information content (AvgIpc) is 2.82. The molecular formula is C25H25F2N3O4. The molecule has 0 unspecified atom stereocenters. The number of Topliss-reactive ketones (excluding diaryl/α,β-unsaturated/α-hetero) is 1. The minimum absolute atomic E-state index is 0.00848. The molecule has 9 heteroatoms. The third-order valence-corrected chi connectivity index (χ3v) is 6.69. The molecule has 4 atom stereocenters. The highest BCUT2D eigenvalue weighted by molar-refractivity contribution is 5.96. The van der Waals surface area contributed by atoms with E-state index in [-0.39, 0.29) is 42.0 Å². The largest absolute Gasteiger partial charge is 0.393 e. The molecule has 0 spiro atoms. The third kappa shape index (κ3) is 4.46. The second-order valence-electron chi connectivity index (χ2n) is 8.77. The summed E-state index contributed by atoms with van der Waals surface area (Å²) in [6.45, 7) is 1.23. The number of aliphatic hydroxyl groups is 3. The van der Waals surface area contributed by atoms with Crippen molar-refractivity contribution in [1.29, 1.82) is 0 Å². The average molecular weight is 469 g/mol. The van der Waals surface area contributed by atoms with E-state index in [4.69, 9.17) is 0 Å². The fourth-order valence-electron chi connectivity index (χ4n) is 4.64. The number of hydrogen-bond acceptors (Lipinski definition) is 7. The number of carbonyl (C=O) groups excluding carboxylic acids is 1. The maximum absolute atomic E-state index is 14.2. The van der Waals surface area contributed by atoms with E-state index in [2.05, 4.69) is 15.0 Å². The van der Waals surface area contributed by atoms with Gasteiger partial charge in [-0.25, -0.2) is 18.7 Å². The van der Waals surface area contributed by atoms with Gasteiger partial charge < -0.3 is 15.3 Å². The zero-order valence-corrected chi connectivity index (χ0v) is 18.5. The highest BCUT2D eigenvalue weighted by Gasteiger charge is 2.46. The SMILES string of the molecule is C[C@@H]1C[C@H](c2ccncc2CC(=O)c2ccnc(-c3c(F)cccc3F)n2)C[C@H](O)[C@]1(O)CO. The highest BCUT2D eigenvalue weighted by atomic mass is 19.1. The number of aliphatic hydroxyl groups excluding tert-OH is 2. The molecule has 4 rings (SSSR count). The molecule has 1 aliphatic rings. The molecule has 7 nitrogen and oxygen atoms in total. The van der Waals surface area contributed by atoms with Gasteiger partial charge in [0.05, 0.1) is 18.3 Å². The Kier molecular flexibility index (Phi) is 6.79. The van der Waals surface area contributed by atoms with Gasteiger partial charge in [0.25, 0.3) is 0 Å². The highest BCUT2D eigenvalue weighted by Crippen LogP contribution is 2.42. The molecule has 0 saturated heterocycles.